The average molecular weight is 260 g/mol. The molecule has 9 heteroatoms. The molecule has 16 heavy (non-hydrogen) atoms. The quantitative estimate of drug-likeness (QED) is 0.739. The second-order valence-corrected chi connectivity index (χ2v) is 5.11. The summed E-state index contributed by atoms with van der Waals surface area (Å²) in [5, 5.41) is 2.34. The Labute approximate surface area is 90.4 Å². The van der Waals surface area contributed by atoms with E-state index in [0.717, 1.165) is 0 Å². The lowest BCUT2D eigenvalue weighted by molar-refractivity contribution is -0.122. The Balaban J connectivity index is 2.76. The number of amides is 1. The molecule has 1 amide bonds. The van der Waals surface area contributed by atoms with Gasteiger partial charge in [0, 0.05) is 6.54 Å². The number of sulfonamides is 1. The van der Waals surface area contributed by atoms with E-state index >= 15 is 0 Å². The SMILES string of the molecule is O=C1NCCCCC1NS(=O)(=O)C(F)(F)F. The smallest absolute Gasteiger partial charge is 0.355 e. The van der Waals surface area contributed by atoms with E-state index in [-0.39, 0.29) is 6.42 Å². The Bertz CT molecular complexity index is 366. The molecule has 0 aromatic heterocycles. The van der Waals surface area contributed by atoms with E-state index in [9.17, 15) is 26.4 Å². The predicted octanol–water partition coefficient (Wildman–Crippen LogP) is 0.0943. The Morgan fingerprint density at radius 3 is 2.50 bits per heavy atom. The Kier molecular flexibility index (Phi) is 3.79. The summed E-state index contributed by atoms with van der Waals surface area (Å²) in [4.78, 5) is 11.2. The summed E-state index contributed by atoms with van der Waals surface area (Å²) in [6.45, 7) is 0.350. The van der Waals surface area contributed by atoms with Gasteiger partial charge in [0.15, 0.2) is 0 Å². The second kappa shape index (κ2) is 4.58. The molecule has 1 rings (SSSR count). The van der Waals surface area contributed by atoms with Gasteiger partial charge in [0.1, 0.15) is 6.04 Å². The third-order valence-corrected chi connectivity index (χ3v) is 3.34. The third kappa shape index (κ3) is 3.08. The van der Waals surface area contributed by atoms with Crippen LogP contribution in [-0.2, 0) is 14.8 Å². The van der Waals surface area contributed by atoms with Crippen molar-refractivity contribution in [2.75, 3.05) is 6.54 Å². The first-order chi connectivity index (χ1) is 7.24. The normalized spacial score (nSPS) is 23.7. The van der Waals surface area contributed by atoms with Crippen LogP contribution in [0.15, 0.2) is 0 Å². The van der Waals surface area contributed by atoms with Crippen molar-refractivity contribution < 1.29 is 26.4 Å². The van der Waals surface area contributed by atoms with Gasteiger partial charge in [0.25, 0.3) is 0 Å². The van der Waals surface area contributed by atoms with Crippen molar-refractivity contribution in [2.24, 2.45) is 0 Å². The first-order valence-electron chi connectivity index (χ1n) is 4.60. The molecule has 0 aromatic rings. The van der Waals surface area contributed by atoms with Gasteiger partial charge in [-0.2, -0.15) is 17.9 Å². The van der Waals surface area contributed by atoms with Crippen molar-refractivity contribution in [3.63, 3.8) is 0 Å². The topological polar surface area (TPSA) is 75.3 Å². The molecule has 94 valence electrons. The maximum absolute atomic E-state index is 12.0. The molecule has 2 N–H and O–H groups in total. The lowest BCUT2D eigenvalue weighted by atomic mass is 10.1. The molecule has 1 unspecified atom stereocenters. The van der Waals surface area contributed by atoms with Crippen molar-refractivity contribution in [3.05, 3.63) is 0 Å². The highest BCUT2D eigenvalue weighted by molar-refractivity contribution is 7.90. The van der Waals surface area contributed by atoms with Gasteiger partial charge in [-0.1, -0.05) is 0 Å². The fraction of sp³-hybridized carbons (Fsp3) is 0.857. The van der Waals surface area contributed by atoms with Crippen LogP contribution in [0.5, 0.6) is 0 Å². The van der Waals surface area contributed by atoms with Crippen LogP contribution in [0.1, 0.15) is 19.3 Å². The number of hydrogen-bond donors (Lipinski definition) is 2. The molecule has 1 aliphatic heterocycles. The van der Waals surface area contributed by atoms with Gasteiger partial charge in [-0.3, -0.25) is 4.79 Å². The standard InChI is InChI=1S/C7H11F3N2O3S/c8-7(9,10)16(14,15)12-5-3-1-2-4-11-6(5)13/h5,12H,1-4H2,(H,11,13). The van der Waals surface area contributed by atoms with Gasteiger partial charge >= 0.3 is 15.5 Å². The highest BCUT2D eigenvalue weighted by atomic mass is 32.2. The van der Waals surface area contributed by atoms with Gasteiger partial charge in [-0.05, 0) is 19.3 Å². The van der Waals surface area contributed by atoms with E-state index in [0.29, 0.717) is 19.4 Å². The largest absolute Gasteiger partial charge is 0.511 e. The molecule has 0 saturated carbocycles. The lowest BCUT2D eigenvalue weighted by Gasteiger charge is -2.16. The van der Waals surface area contributed by atoms with Crippen molar-refractivity contribution in [1.82, 2.24) is 10.0 Å². The molecule has 1 heterocycles. The fourth-order valence-corrected chi connectivity index (χ4v) is 2.04. The Morgan fingerprint density at radius 1 is 1.31 bits per heavy atom. The van der Waals surface area contributed by atoms with Crippen LogP contribution in [0.4, 0.5) is 13.2 Å². The monoisotopic (exact) mass is 260 g/mol. The van der Waals surface area contributed by atoms with Crippen molar-refractivity contribution >= 4 is 15.9 Å². The van der Waals surface area contributed by atoms with Gasteiger partial charge in [-0.15, -0.1) is 0 Å². The van der Waals surface area contributed by atoms with Crippen LogP contribution in [0.3, 0.4) is 0 Å². The zero-order valence-corrected chi connectivity index (χ0v) is 8.99. The molecule has 5 nitrogen and oxygen atoms in total. The zero-order valence-electron chi connectivity index (χ0n) is 8.17. The van der Waals surface area contributed by atoms with Gasteiger partial charge in [0.2, 0.25) is 5.91 Å². The first kappa shape index (κ1) is 13.2. The van der Waals surface area contributed by atoms with Crippen LogP contribution in [0.2, 0.25) is 0 Å². The zero-order chi connectivity index (χ0) is 12.4. The summed E-state index contributed by atoms with van der Waals surface area (Å²) in [5.41, 5.74) is -5.39. The highest BCUT2D eigenvalue weighted by Crippen LogP contribution is 2.22. The van der Waals surface area contributed by atoms with Gasteiger partial charge in [0.05, 0.1) is 0 Å². The van der Waals surface area contributed by atoms with Crippen LogP contribution in [0.25, 0.3) is 0 Å². The van der Waals surface area contributed by atoms with E-state index in [2.05, 4.69) is 5.32 Å². The molecule has 1 fully saturated rings. The molecule has 0 aromatic carbocycles. The molecule has 0 aliphatic carbocycles. The molecular formula is C7H11F3N2O3S. The van der Waals surface area contributed by atoms with Crippen LogP contribution < -0.4 is 10.0 Å². The molecule has 1 saturated heterocycles. The summed E-state index contributed by atoms with van der Waals surface area (Å²) < 4.78 is 59.0. The number of alkyl halides is 3. The average Bonchev–Trinajstić information content (AvgIpc) is 2.30. The Hall–Kier alpha value is -0.830. The Morgan fingerprint density at radius 2 is 1.94 bits per heavy atom. The molecule has 0 bridgehead atoms. The van der Waals surface area contributed by atoms with Crippen LogP contribution in [0, 0.1) is 0 Å². The maximum atomic E-state index is 12.0. The second-order valence-electron chi connectivity index (χ2n) is 3.41. The van der Waals surface area contributed by atoms with E-state index < -0.39 is 27.5 Å². The number of nitrogens with one attached hydrogen (secondary N) is 2. The van der Waals surface area contributed by atoms with E-state index in [1.54, 1.807) is 0 Å². The number of halogens is 3. The van der Waals surface area contributed by atoms with Crippen molar-refractivity contribution in [2.45, 2.75) is 30.8 Å². The van der Waals surface area contributed by atoms with Gasteiger partial charge in [-0.25, -0.2) is 8.42 Å². The fourth-order valence-electron chi connectivity index (χ4n) is 1.31. The summed E-state index contributed by atoms with van der Waals surface area (Å²) in [6.07, 6.45) is 1.18. The molecule has 0 spiro atoms. The van der Waals surface area contributed by atoms with E-state index in [4.69, 9.17) is 0 Å². The van der Waals surface area contributed by atoms with Crippen LogP contribution in [-0.4, -0.2) is 32.4 Å². The molecular weight excluding hydrogens is 249 g/mol. The van der Waals surface area contributed by atoms with E-state index in [1.165, 1.54) is 4.72 Å². The molecule has 1 atom stereocenters. The first-order valence-corrected chi connectivity index (χ1v) is 6.08. The minimum absolute atomic E-state index is 0.0706. The van der Waals surface area contributed by atoms with Crippen molar-refractivity contribution in [1.29, 1.82) is 0 Å². The van der Waals surface area contributed by atoms with E-state index in [1.807, 2.05) is 0 Å². The number of hydrogen-bond acceptors (Lipinski definition) is 3. The highest BCUT2D eigenvalue weighted by Gasteiger charge is 2.47. The number of carbonyl (C=O) groups excluding carboxylic acids is 1. The minimum atomic E-state index is -5.46. The summed E-state index contributed by atoms with van der Waals surface area (Å²) in [7, 11) is -5.46. The minimum Gasteiger partial charge on any atom is -0.355 e. The predicted molar refractivity (Wildman–Crippen MR) is 48.8 cm³/mol. The van der Waals surface area contributed by atoms with Crippen LogP contribution >= 0.6 is 0 Å². The molecule has 1 aliphatic rings. The summed E-state index contributed by atoms with van der Waals surface area (Å²) >= 11 is 0. The summed E-state index contributed by atoms with van der Waals surface area (Å²) in [5.74, 6) is -0.717. The number of rotatable bonds is 2. The third-order valence-electron chi connectivity index (χ3n) is 2.14. The van der Waals surface area contributed by atoms with Gasteiger partial charge < -0.3 is 5.32 Å². The maximum Gasteiger partial charge on any atom is 0.511 e. The summed E-state index contributed by atoms with van der Waals surface area (Å²) in [6, 6.07) is -1.34. The lowest BCUT2D eigenvalue weighted by Crippen LogP contribution is -2.49. The number of carbonyl (C=O) groups is 1. The molecule has 0 radical (unpaired) electrons. The van der Waals surface area contributed by atoms with Crippen molar-refractivity contribution in [3.8, 4) is 0 Å².